The Labute approximate surface area is 216 Å². The van der Waals surface area contributed by atoms with E-state index in [1.54, 1.807) is 24.3 Å². The fourth-order valence-corrected chi connectivity index (χ4v) is 6.83. The fraction of sp³-hybridized carbons (Fsp3) is 0.125. The first kappa shape index (κ1) is 21.3. The second-order valence-electron chi connectivity index (χ2n) is 10.5. The SMILES string of the molecule is Cc1ccc2c(c1)C1(c3cc4c(cc3Cc3cc5c(cc31)C(=O)OC5=O)C(=O)OC4=O)c1cc(C)ccc1-2. The number of hydrogen-bond donors (Lipinski definition) is 0. The van der Waals surface area contributed by atoms with Gasteiger partial charge < -0.3 is 9.47 Å². The quantitative estimate of drug-likeness (QED) is 0.212. The zero-order valence-corrected chi connectivity index (χ0v) is 20.4. The van der Waals surface area contributed by atoms with Crippen LogP contribution < -0.4 is 0 Å². The van der Waals surface area contributed by atoms with E-state index in [1.165, 1.54) is 0 Å². The largest absolute Gasteiger partial charge is 0.386 e. The molecule has 4 aromatic carbocycles. The van der Waals surface area contributed by atoms with E-state index in [2.05, 4.69) is 36.4 Å². The van der Waals surface area contributed by atoms with Crippen LogP contribution in [0.4, 0.5) is 0 Å². The van der Waals surface area contributed by atoms with Gasteiger partial charge in [-0.1, -0.05) is 47.5 Å². The number of carbonyl (C=O) groups is 4. The Morgan fingerprint density at radius 3 is 1.32 bits per heavy atom. The minimum Gasteiger partial charge on any atom is -0.386 e. The first-order chi connectivity index (χ1) is 18.3. The number of rotatable bonds is 0. The number of cyclic esters (lactones) is 4. The zero-order chi connectivity index (χ0) is 26.1. The average Bonchev–Trinajstić information content (AvgIpc) is 3.44. The van der Waals surface area contributed by atoms with E-state index in [0.717, 1.165) is 55.6 Å². The molecule has 2 heterocycles. The maximum absolute atomic E-state index is 12.7. The highest BCUT2D eigenvalue weighted by molar-refractivity contribution is 6.16. The number of ether oxygens (including phenoxy) is 2. The van der Waals surface area contributed by atoms with Crippen molar-refractivity contribution in [1.82, 2.24) is 0 Å². The van der Waals surface area contributed by atoms with Crippen LogP contribution in [0, 0.1) is 13.8 Å². The van der Waals surface area contributed by atoms with Gasteiger partial charge in [0, 0.05) is 0 Å². The van der Waals surface area contributed by atoms with E-state index in [1.807, 2.05) is 13.8 Å². The number of benzene rings is 4. The Hall–Kier alpha value is -4.84. The van der Waals surface area contributed by atoms with Crippen molar-refractivity contribution in [3.8, 4) is 11.1 Å². The topological polar surface area (TPSA) is 86.7 Å². The molecule has 0 aromatic heterocycles. The molecule has 0 atom stereocenters. The Bertz CT molecular complexity index is 1760. The Morgan fingerprint density at radius 2 is 0.895 bits per heavy atom. The van der Waals surface area contributed by atoms with E-state index >= 15 is 0 Å². The molecule has 1 spiro atoms. The minimum atomic E-state index is -0.881. The molecule has 38 heavy (non-hydrogen) atoms. The van der Waals surface area contributed by atoms with Gasteiger partial charge in [0.15, 0.2) is 0 Å². The molecule has 0 amide bonds. The summed E-state index contributed by atoms with van der Waals surface area (Å²) in [7, 11) is 0. The summed E-state index contributed by atoms with van der Waals surface area (Å²) >= 11 is 0. The van der Waals surface area contributed by atoms with E-state index in [-0.39, 0.29) is 22.3 Å². The lowest BCUT2D eigenvalue weighted by molar-refractivity contribution is 0.0425. The molecular formula is C32H18O6. The summed E-state index contributed by atoms with van der Waals surface area (Å²) < 4.78 is 9.93. The molecule has 4 aliphatic rings. The lowest BCUT2D eigenvalue weighted by Gasteiger charge is -2.41. The van der Waals surface area contributed by atoms with Gasteiger partial charge in [-0.3, -0.25) is 0 Å². The minimum absolute atomic E-state index is 0.239. The molecule has 4 aromatic rings. The fourth-order valence-electron chi connectivity index (χ4n) is 6.83. The highest BCUT2D eigenvalue weighted by atomic mass is 16.6. The molecule has 2 aliphatic heterocycles. The third-order valence-corrected chi connectivity index (χ3v) is 8.37. The van der Waals surface area contributed by atoms with Gasteiger partial charge in [0.25, 0.3) is 0 Å². The summed E-state index contributed by atoms with van der Waals surface area (Å²) in [4.78, 5) is 50.4. The molecule has 6 nitrogen and oxygen atoms in total. The van der Waals surface area contributed by atoms with Crippen molar-refractivity contribution in [2.45, 2.75) is 25.7 Å². The highest BCUT2D eigenvalue weighted by Crippen LogP contribution is 2.60. The summed E-state index contributed by atoms with van der Waals surface area (Å²) in [5.74, 6) is -2.64. The van der Waals surface area contributed by atoms with Crippen molar-refractivity contribution < 1.29 is 28.7 Å². The number of fused-ring (bicyclic) bond motifs is 11. The lowest BCUT2D eigenvalue weighted by Crippen LogP contribution is -2.35. The number of carbonyl (C=O) groups excluding carboxylic acids is 4. The van der Waals surface area contributed by atoms with Crippen LogP contribution in [0.5, 0.6) is 0 Å². The lowest BCUT2D eigenvalue weighted by atomic mass is 9.60. The molecule has 0 unspecified atom stereocenters. The van der Waals surface area contributed by atoms with E-state index in [0.29, 0.717) is 6.42 Å². The molecule has 0 N–H and O–H groups in total. The zero-order valence-electron chi connectivity index (χ0n) is 20.4. The molecule has 0 saturated heterocycles. The number of hydrogen-bond acceptors (Lipinski definition) is 6. The third-order valence-electron chi connectivity index (χ3n) is 8.37. The van der Waals surface area contributed by atoms with Crippen molar-refractivity contribution in [3.05, 3.63) is 127 Å². The first-order valence-corrected chi connectivity index (χ1v) is 12.4. The second-order valence-corrected chi connectivity index (χ2v) is 10.5. The summed E-state index contributed by atoms with van der Waals surface area (Å²) in [5.41, 5.74) is 9.83. The Balaban J connectivity index is 1.59. The molecule has 0 saturated carbocycles. The molecule has 182 valence electrons. The highest BCUT2D eigenvalue weighted by Gasteiger charge is 2.52. The van der Waals surface area contributed by atoms with Crippen molar-refractivity contribution in [1.29, 1.82) is 0 Å². The van der Waals surface area contributed by atoms with Crippen molar-refractivity contribution >= 4 is 23.9 Å². The standard InChI is InChI=1S/C32H18O6/c1-14-3-5-18-19-6-4-15(2)8-27(19)32(26(18)7-14)24-12-22-20(28(33)37-30(22)35)10-16(24)9-17-11-21-23(13-25(17)32)31(36)38-29(21)34/h3-8,10-13H,9H2,1-2H3. The van der Waals surface area contributed by atoms with E-state index in [4.69, 9.17) is 9.47 Å². The molecule has 0 bridgehead atoms. The summed E-state index contributed by atoms with van der Waals surface area (Å²) in [6.07, 6.45) is 0.415. The molecule has 6 heteroatoms. The monoisotopic (exact) mass is 498 g/mol. The first-order valence-electron chi connectivity index (χ1n) is 12.4. The smallest absolute Gasteiger partial charge is 0.346 e. The van der Waals surface area contributed by atoms with Crippen molar-refractivity contribution in [2.75, 3.05) is 0 Å². The van der Waals surface area contributed by atoms with Gasteiger partial charge in [-0.2, -0.15) is 0 Å². The van der Waals surface area contributed by atoms with Crippen LogP contribution in [0.3, 0.4) is 0 Å². The van der Waals surface area contributed by atoms with Gasteiger partial charge in [0.05, 0.1) is 27.7 Å². The molecule has 8 rings (SSSR count). The second kappa shape index (κ2) is 6.72. The summed E-state index contributed by atoms with van der Waals surface area (Å²) in [5, 5.41) is 0. The average molecular weight is 498 g/mol. The van der Waals surface area contributed by atoms with Crippen LogP contribution in [0.1, 0.15) is 85.9 Å². The van der Waals surface area contributed by atoms with Crippen LogP contribution >= 0.6 is 0 Å². The predicted molar refractivity (Wildman–Crippen MR) is 136 cm³/mol. The third kappa shape index (κ3) is 2.38. The predicted octanol–water partition coefficient (Wildman–Crippen LogP) is 5.19. The van der Waals surface area contributed by atoms with E-state index in [9.17, 15) is 19.2 Å². The van der Waals surface area contributed by atoms with Gasteiger partial charge in [-0.05, 0) is 89.0 Å². The maximum Gasteiger partial charge on any atom is 0.346 e. The van der Waals surface area contributed by atoms with Crippen LogP contribution in [-0.2, 0) is 21.3 Å². The van der Waals surface area contributed by atoms with Gasteiger partial charge in [-0.15, -0.1) is 0 Å². The maximum atomic E-state index is 12.7. The number of esters is 4. The van der Waals surface area contributed by atoms with Gasteiger partial charge in [0.2, 0.25) is 0 Å². The van der Waals surface area contributed by atoms with Crippen LogP contribution in [-0.4, -0.2) is 23.9 Å². The van der Waals surface area contributed by atoms with Crippen LogP contribution in [0.2, 0.25) is 0 Å². The van der Waals surface area contributed by atoms with Gasteiger partial charge in [-0.25, -0.2) is 19.2 Å². The molecule has 0 radical (unpaired) electrons. The van der Waals surface area contributed by atoms with Crippen molar-refractivity contribution in [3.63, 3.8) is 0 Å². The van der Waals surface area contributed by atoms with Gasteiger partial charge >= 0.3 is 23.9 Å². The van der Waals surface area contributed by atoms with E-state index < -0.39 is 29.3 Å². The molecule has 2 aliphatic carbocycles. The Morgan fingerprint density at radius 1 is 0.500 bits per heavy atom. The molecular weight excluding hydrogens is 480 g/mol. The summed E-state index contributed by atoms with van der Waals surface area (Å²) in [6.45, 7) is 4.06. The Kier molecular flexibility index (Phi) is 3.76. The van der Waals surface area contributed by atoms with Crippen LogP contribution in [0.15, 0.2) is 60.7 Å². The number of aryl methyl sites for hydroxylation is 2. The molecule has 0 fully saturated rings. The van der Waals surface area contributed by atoms with Crippen molar-refractivity contribution in [2.24, 2.45) is 0 Å². The van der Waals surface area contributed by atoms with Gasteiger partial charge in [0.1, 0.15) is 0 Å². The summed E-state index contributed by atoms with van der Waals surface area (Å²) in [6, 6.07) is 19.8. The van der Waals surface area contributed by atoms with Crippen LogP contribution in [0.25, 0.3) is 11.1 Å². The normalized spacial score (nSPS) is 16.9.